The molecule has 0 amide bonds. The zero-order valence-corrected chi connectivity index (χ0v) is 12.1. The van der Waals surface area contributed by atoms with Crippen molar-refractivity contribution in [3.8, 4) is 0 Å². The second kappa shape index (κ2) is 4.94. The third-order valence-electron chi connectivity index (χ3n) is 3.13. The van der Waals surface area contributed by atoms with Gasteiger partial charge < -0.3 is 9.88 Å². The standard InChI is InChI=1S/C13H13BrClN3/c14-12-13-16-6-1-7-18(13)11(17-12)8-9-2-4-10(15)5-3-9/h2-5,16H,1,6-8H2. The highest BCUT2D eigenvalue weighted by Gasteiger charge is 2.18. The van der Waals surface area contributed by atoms with Gasteiger partial charge in [0.1, 0.15) is 16.2 Å². The molecule has 0 unspecified atom stereocenters. The summed E-state index contributed by atoms with van der Waals surface area (Å²) in [7, 11) is 0. The van der Waals surface area contributed by atoms with Crippen LogP contribution in [0.4, 0.5) is 5.82 Å². The number of anilines is 1. The summed E-state index contributed by atoms with van der Waals surface area (Å²) in [6.07, 6.45) is 1.97. The van der Waals surface area contributed by atoms with Crippen LogP contribution in [0.1, 0.15) is 17.8 Å². The van der Waals surface area contributed by atoms with E-state index in [1.165, 1.54) is 5.56 Å². The predicted octanol–water partition coefficient (Wildman–Crippen LogP) is 3.71. The Morgan fingerprint density at radius 1 is 1.33 bits per heavy atom. The minimum Gasteiger partial charge on any atom is -0.369 e. The van der Waals surface area contributed by atoms with Crippen molar-refractivity contribution in [1.29, 1.82) is 0 Å². The molecule has 0 atom stereocenters. The first-order valence-electron chi connectivity index (χ1n) is 5.97. The van der Waals surface area contributed by atoms with Crippen molar-refractivity contribution in [2.24, 2.45) is 0 Å². The van der Waals surface area contributed by atoms with E-state index in [2.05, 4.69) is 30.8 Å². The fourth-order valence-corrected chi connectivity index (χ4v) is 2.92. The highest BCUT2D eigenvalue weighted by Crippen LogP contribution is 2.27. The van der Waals surface area contributed by atoms with Gasteiger partial charge in [0.25, 0.3) is 0 Å². The van der Waals surface area contributed by atoms with Crippen molar-refractivity contribution in [1.82, 2.24) is 9.55 Å². The molecule has 2 aromatic rings. The molecule has 0 saturated heterocycles. The molecule has 0 bridgehead atoms. The van der Waals surface area contributed by atoms with Crippen LogP contribution < -0.4 is 5.32 Å². The summed E-state index contributed by atoms with van der Waals surface area (Å²) in [5, 5.41) is 4.15. The first-order chi connectivity index (χ1) is 8.74. The molecule has 94 valence electrons. The topological polar surface area (TPSA) is 29.9 Å². The molecular weight excluding hydrogens is 314 g/mol. The molecule has 2 heterocycles. The molecule has 5 heteroatoms. The molecule has 3 rings (SSSR count). The van der Waals surface area contributed by atoms with E-state index in [4.69, 9.17) is 11.6 Å². The zero-order valence-electron chi connectivity index (χ0n) is 9.79. The number of imidazole rings is 1. The minimum atomic E-state index is 0.770. The molecule has 0 radical (unpaired) electrons. The number of hydrogen-bond donors (Lipinski definition) is 1. The van der Waals surface area contributed by atoms with Crippen molar-refractivity contribution < 1.29 is 0 Å². The molecule has 1 aliphatic heterocycles. The number of rotatable bonds is 2. The maximum absolute atomic E-state index is 5.90. The van der Waals surface area contributed by atoms with Gasteiger partial charge in [-0.25, -0.2) is 4.98 Å². The molecule has 3 nitrogen and oxygen atoms in total. The molecule has 1 aromatic heterocycles. The van der Waals surface area contributed by atoms with Crippen LogP contribution in [-0.2, 0) is 13.0 Å². The molecule has 0 saturated carbocycles. The van der Waals surface area contributed by atoms with Crippen LogP contribution in [0.5, 0.6) is 0 Å². The Morgan fingerprint density at radius 3 is 2.89 bits per heavy atom. The van der Waals surface area contributed by atoms with Crippen LogP contribution in [0, 0.1) is 0 Å². The summed E-state index contributed by atoms with van der Waals surface area (Å²) >= 11 is 9.41. The van der Waals surface area contributed by atoms with Gasteiger partial charge in [0.05, 0.1) is 0 Å². The van der Waals surface area contributed by atoms with E-state index in [9.17, 15) is 0 Å². The lowest BCUT2D eigenvalue weighted by Crippen LogP contribution is -2.18. The summed E-state index contributed by atoms with van der Waals surface area (Å²) in [6.45, 7) is 2.05. The lowest BCUT2D eigenvalue weighted by atomic mass is 10.1. The number of halogens is 2. The summed E-state index contributed by atoms with van der Waals surface area (Å²) in [5.74, 6) is 2.19. The lowest BCUT2D eigenvalue weighted by Gasteiger charge is -2.18. The number of hydrogen-bond acceptors (Lipinski definition) is 2. The van der Waals surface area contributed by atoms with E-state index < -0.39 is 0 Å². The fourth-order valence-electron chi connectivity index (χ4n) is 2.24. The highest BCUT2D eigenvalue weighted by molar-refractivity contribution is 9.10. The lowest BCUT2D eigenvalue weighted by molar-refractivity contribution is 0.606. The van der Waals surface area contributed by atoms with Gasteiger partial charge in [0.2, 0.25) is 0 Å². The summed E-state index contributed by atoms with van der Waals surface area (Å²) in [4.78, 5) is 4.59. The van der Waals surface area contributed by atoms with Gasteiger partial charge >= 0.3 is 0 Å². The summed E-state index contributed by atoms with van der Waals surface area (Å²) in [5.41, 5.74) is 1.23. The minimum absolute atomic E-state index is 0.770. The Hall–Kier alpha value is -1.00. The van der Waals surface area contributed by atoms with E-state index in [1.807, 2.05) is 24.3 Å². The van der Waals surface area contributed by atoms with E-state index >= 15 is 0 Å². The van der Waals surface area contributed by atoms with E-state index in [0.717, 1.165) is 47.2 Å². The molecule has 0 fully saturated rings. The quantitative estimate of drug-likeness (QED) is 0.912. The Kier molecular flexibility index (Phi) is 3.31. The van der Waals surface area contributed by atoms with Gasteiger partial charge in [0, 0.05) is 24.5 Å². The average Bonchev–Trinajstić information content (AvgIpc) is 2.70. The molecule has 1 N–H and O–H groups in total. The van der Waals surface area contributed by atoms with Gasteiger partial charge in [0.15, 0.2) is 0 Å². The monoisotopic (exact) mass is 325 g/mol. The number of aromatic nitrogens is 2. The van der Waals surface area contributed by atoms with Crippen LogP contribution in [0.25, 0.3) is 0 Å². The van der Waals surface area contributed by atoms with Crippen LogP contribution in [0.2, 0.25) is 5.02 Å². The van der Waals surface area contributed by atoms with E-state index in [1.54, 1.807) is 0 Å². The highest BCUT2D eigenvalue weighted by atomic mass is 79.9. The smallest absolute Gasteiger partial charge is 0.148 e. The van der Waals surface area contributed by atoms with Crippen molar-refractivity contribution in [3.63, 3.8) is 0 Å². The third kappa shape index (κ3) is 2.27. The van der Waals surface area contributed by atoms with Crippen LogP contribution in [-0.4, -0.2) is 16.1 Å². The average molecular weight is 327 g/mol. The maximum atomic E-state index is 5.90. The molecule has 1 aliphatic rings. The van der Waals surface area contributed by atoms with Crippen molar-refractivity contribution in [2.75, 3.05) is 11.9 Å². The van der Waals surface area contributed by atoms with Gasteiger partial charge in [-0.1, -0.05) is 23.7 Å². The van der Waals surface area contributed by atoms with Crippen LogP contribution >= 0.6 is 27.5 Å². The zero-order chi connectivity index (χ0) is 12.5. The summed E-state index contributed by atoms with van der Waals surface area (Å²) in [6, 6.07) is 7.94. The maximum Gasteiger partial charge on any atom is 0.148 e. The molecule has 0 aliphatic carbocycles. The van der Waals surface area contributed by atoms with Crippen LogP contribution in [0.15, 0.2) is 28.9 Å². The van der Waals surface area contributed by atoms with Crippen molar-refractivity contribution in [2.45, 2.75) is 19.4 Å². The summed E-state index contributed by atoms with van der Waals surface area (Å²) < 4.78 is 3.16. The Labute approximate surface area is 119 Å². The largest absolute Gasteiger partial charge is 0.369 e. The number of nitrogens with one attached hydrogen (secondary N) is 1. The number of benzene rings is 1. The van der Waals surface area contributed by atoms with Gasteiger partial charge in [-0.05, 0) is 40.0 Å². The SMILES string of the molecule is Clc1ccc(Cc2nc(Br)c3n2CCCN3)cc1. The number of nitrogens with zero attached hydrogens (tertiary/aromatic N) is 2. The predicted molar refractivity (Wildman–Crippen MR) is 77.3 cm³/mol. The first kappa shape index (κ1) is 12.1. The van der Waals surface area contributed by atoms with Crippen molar-refractivity contribution >= 4 is 33.3 Å². The molecule has 1 aromatic carbocycles. The molecule has 18 heavy (non-hydrogen) atoms. The Morgan fingerprint density at radius 2 is 2.11 bits per heavy atom. The van der Waals surface area contributed by atoms with Gasteiger partial charge in [-0.15, -0.1) is 0 Å². The third-order valence-corrected chi connectivity index (χ3v) is 3.94. The molecule has 0 spiro atoms. The number of fused-ring (bicyclic) bond motifs is 1. The first-order valence-corrected chi connectivity index (χ1v) is 7.14. The Balaban J connectivity index is 1.91. The van der Waals surface area contributed by atoms with Crippen LogP contribution in [0.3, 0.4) is 0 Å². The second-order valence-corrected chi connectivity index (χ2v) is 5.59. The normalized spacial score (nSPS) is 14.1. The van der Waals surface area contributed by atoms with Gasteiger partial charge in [-0.2, -0.15) is 0 Å². The van der Waals surface area contributed by atoms with E-state index in [-0.39, 0.29) is 0 Å². The second-order valence-electron chi connectivity index (χ2n) is 4.40. The van der Waals surface area contributed by atoms with Gasteiger partial charge in [-0.3, -0.25) is 0 Å². The Bertz CT molecular complexity index is 562. The fraction of sp³-hybridized carbons (Fsp3) is 0.308. The molecular formula is C13H13BrClN3. The van der Waals surface area contributed by atoms with E-state index in [0.29, 0.717) is 0 Å². The van der Waals surface area contributed by atoms with Crippen molar-refractivity contribution in [3.05, 3.63) is 45.3 Å².